The van der Waals surface area contributed by atoms with E-state index >= 15 is 0 Å². The Morgan fingerprint density at radius 2 is 2.23 bits per heavy atom. The largest absolute Gasteiger partial charge is 0.422 e. The molecule has 12 nitrogen and oxygen atoms in total. The third-order valence-electron chi connectivity index (χ3n) is 4.37. The molecule has 0 aromatic carbocycles. The molecule has 2 aliphatic rings. The average Bonchev–Trinajstić information content (AvgIpc) is 3.29. The van der Waals surface area contributed by atoms with Gasteiger partial charge in [0.05, 0.1) is 6.54 Å². The molecule has 146 valence electrons. The number of nitrogens with zero attached hydrogens (tertiary/aromatic N) is 3. The fourth-order valence-electron chi connectivity index (χ4n) is 3.11. The van der Waals surface area contributed by atoms with E-state index in [0.717, 1.165) is 32.4 Å². The Balaban J connectivity index is 1.60. The van der Waals surface area contributed by atoms with Crippen LogP contribution in [0.15, 0.2) is 4.42 Å². The predicted molar refractivity (Wildman–Crippen MR) is 86.9 cm³/mol. The van der Waals surface area contributed by atoms with Crippen LogP contribution in [-0.2, 0) is 21.2 Å². The highest BCUT2D eigenvalue weighted by Crippen LogP contribution is 2.30. The van der Waals surface area contributed by atoms with Crippen LogP contribution in [0.2, 0.25) is 0 Å². The van der Waals surface area contributed by atoms with Crippen molar-refractivity contribution in [1.82, 2.24) is 31.2 Å². The van der Waals surface area contributed by atoms with Crippen molar-refractivity contribution in [3.8, 4) is 0 Å². The van der Waals surface area contributed by atoms with Gasteiger partial charge < -0.3 is 20.0 Å². The zero-order valence-electron chi connectivity index (χ0n) is 14.0. The van der Waals surface area contributed by atoms with Gasteiger partial charge in [-0.3, -0.25) is 4.55 Å². The second-order valence-corrected chi connectivity index (χ2v) is 7.25. The van der Waals surface area contributed by atoms with Crippen molar-refractivity contribution in [1.29, 1.82) is 0 Å². The van der Waals surface area contributed by atoms with E-state index in [-0.39, 0.29) is 5.89 Å². The molecular weight excluding hydrogens is 368 g/mol. The van der Waals surface area contributed by atoms with E-state index in [2.05, 4.69) is 25.1 Å². The molecule has 2 amide bonds. The van der Waals surface area contributed by atoms with Gasteiger partial charge >= 0.3 is 16.4 Å². The van der Waals surface area contributed by atoms with Gasteiger partial charge in [0.15, 0.2) is 0 Å². The number of urea groups is 1. The van der Waals surface area contributed by atoms with Crippen LogP contribution in [-0.4, -0.2) is 59.8 Å². The summed E-state index contributed by atoms with van der Waals surface area (Å²) in [7, 11) is -4.77. The summed E-state index contributed by atoms with van der Waals surface area (Å²) in [6.07, 6.45) is 3.23. The molecule has 0 saturated carbocycles. The lowest BCUT2D eigenvalue weighted by Crippen LogP contribution is -2.45. The van der Waals surface area contributed by atoms with Crippen molar-refractivity contribution in [2.45, 2.75) is 44.3 Å². The number of nitrogens with one attached hydrogen (secondary N) is 3. The van der Waals surface area contributed by atoms with Crippen LogP contribution in [0.25, 0.3) is 0 Å². The quantitative estimate of drug-likeness (QED) is 0.368. The number of aromatic nitrogens is 2. The Morgan fingerprint density at radius 1 is 1.38 bits per heavy atom. The molecule has 4 N–H and O–H groups in total. The van der Waals surface area contributed by atoms with E-state index < -0.39 is 22.5 Å². The summed E-state index contributed by atoms with van der Waals surface area (Å²) in [5.74, 6) is 0.708. The Hall–Kier alpha value is -1.80. The molecule has 0 bridgehead atoms. The molecule has 0 radical (unpaired) electrons. The number of hydrogen-bond acceptors (Lipinski definition) is 9. The summed E-state index contributed by atoms with van der Waals surface area (Å²) < 4.78 is 39.4. The van der Waals surface area contributed by atoms with E-state index in [1.165, 1.54) is 4.90 Å². The summed E-state index contributed by atoms with van der Waals surface area (Å²) in [6, 6.07) is -0.926. The minimum absolute atomic E-state index is 0.285. The minimum Gasteiger partial charge on any atom is -0.422 e. The molecule has 2 aliphatic heterocycles. The molecule has 2 atom stereocenters. The number of hydrogen-bond donors (Lipinski definition) is 4. The van der Waals surface area contributed by atoms with Gasteiger partial charge in [0.1, 0.15) is 6.04 Å². The van der Waals surface area contributed by atoms with Crippen LogP contribution in [0.3, 0.4) is 0 Å². The van der Waals surface area contributed by atoms with Crippen LogP contribution in [0.1, 0.15) is 43.5 Å². The highest BCUT2D eigenvalue weighted by molar-refractivity contribution is 7.80. The van der Waals surface area contributed by atoms with Crippen LogP contribution in [0, 0.1) is 0 Å². The van der Waals surface area contributed by atoms with Crippen LogP contribution in [0.5, 0.6) is 0 Å². The Bertz CT molecular complexity index is 718. The molecule has 0 spiro atoms. The highest BCUT2D eigenvalue weighted by atomic mass is 32.3. The summed E-state index contributed by atoms with van der Waals surface area (Å²) in [5.41, 5.74) is 1.70. The van der Waals surface area contributed by atoms with Gasteiger partial charge in [-0.1, -0.05) is 0 Å². The average molecular weight is 390 g/mol. The Morgan fingerprint density at radius 3 is 2.96 bits per heavy atom. The smallest absolute Gasteiger partial charge is 0.418 e. The number of hydroxylamine groups is 1. The first-order valence-electron chi connectivity index (χ1n) is 8.41. The maximum absolute atomic E-state index is 12.1. The maximum Gasteiger partial charge on any atom is 0.418 e. The van der Waals surface area contributed by atoms with E-state index in [4.69, 9.17) is 8.97 Å². The maximum atomic E-state index is 12.1. The zero-order chi connectivity index (χ0) is 18.6. The van der Waals surface area contributed by atoms with Gasteiger partial charge in [-0.05, 0) is 32.2 Å². The van der Waals surface area contributed by atoms with Gasteiger partial charge in [-0.15, -0.1) is 14.5 Å². The van der Waals surface area contributed by atoms with E-state index in [1.807, 2.05) is 0 Å². The third kappa shape index (κ3) is 5.11. The molecule has 0 aliphatic carbocycles. The number of carbonyl (C=O) groups excluding carboxylic acids is 1. The predicted octanol–water partition coefficient (Wildman–Crippen LogP) is -0.508. The van der Waals surface area contributed by atoms with Crippen molar-refractivity contribution in [2.24, 2.45) is 0 Å². The SMILES string of the molecule is O=C(NOS(=O)(=O)O)N1CCCC[C@H]1c1nnc(CN[C@H]2CCNC2)o1. The summed E-state index contributed by atoms with van der Waals surface area (Å²) >= 11 is 0. The standard InChI is InChI=1S/C13H22N6O6S/c20-13(18-25-26(21,22)23)19-6-2-1-3-10(19)12-17-16-11(24-12)8-15-9-4-5-14-7-9/h9-10,14-15H,1-8H2,(H,18,20)(H,21,22,23)/t9-,10-/m0/s1. The topological polar surface area (TPSA) is 159 Å². The van der Waals surface area contributed by atoms with Crippen LogP contribution in [0.4, 0.5) is 4.79 Å². The second-order valence-electron chi connectivity index (χ2n) is 6.23. The molecule has 26 heavy (non-hydrogen) atoms. The molecule has 0 unspecified atom stereocenters. The van der Waals surface area contributed by atoms with Crippen LogP contribution >= 0.6 is 0 Å². The first-order valence-corrected chi connectivity index (χ1v) is 9.78. The molecule has 1 aromatic heterocycles. The highest BCUT2D eigenvalue weighted by Gasteiger charge is 2.32. The van der Waals surface area contributed by atoms with Gasteiger partial charge in [0.25, 0.3) is 0 Å². The van der Waals surface area contributed by atoms with E-state index in [9.17, 15) is 13.2 Å². The lowest BCUT2D eigenvalue weighted by Gasteiger charge is -2.32. The lowest BCUT2D eigenvalue weighted by atomic mass is 10.0. The van der Waals surface area contributed by atoms with E-state index in [0.29, 0.717) is 31.4 Å². The fourth-order valence-corrected chi connectivity index (χ4v) is 3.29. The van der Waals surface area contributed by atoms with Crippen LogP contribution < -0.4 is 16.1 Å². The first-order chi connectivity index (χ1) is 12.4. The summed E-state index contributed by atoms with van der Waals surface area (Å²) in [4.78, 5) is 13.5. The van der Waals surface area contributed by atoms with Crippen molar-refractivity contribution in [3.63, 3.8) is 0 Å². The Kier molecular flexibility index (Phi) is 6.03. The Labute approximate surface area is 150 Å². The molecular formula is C13H22N6O6S. The number of piperidine rings is 1. The molecule has 2 saturated heterocycles. The molecule has 3 heterocycles. The number of amides is 2. The first kappa shape index (κ1) is 19.0. The fraction of sp³-hybridized carbons (Fsp3) is 0.769. The number of carbonyl (C=O) groups is 1. The molecule has 1 aromatic rings. The van der Waals surface area contributed by atoms with E-state index in [1.54, 1.807) is 5.48 Å². The summed E-state index contributed by atoms with van der Waals surface area (Å²) in [6.45, 7) is 2.68. The van der Waals surface area contributed by atoms with Gasteiger partial charge in [0, 0.05) is 19.1 Å². The normalized spacial score (nSPS) is 24.0. The van der Waals surface area contributed by atoms with Crippen molar-refractivity contribution in [2.75, 3.05) is 19.6 Å². The van der Waals surface area contributed by atoms with Gasteiger partial charge in [0.2, 0.25) is 11.8 Å². The van der Waals surface area contributed by atoms with Crippen molar-refractivity contribution < 1.29 is 26.5 Å². The van der Waals surface area contributed by atoms with Gasteiger partial charge in [-0.25, -0.2) is 4.79 Å². The number of likely N-dealkylation sites (tertiary alicyclic amines) is 1. The van der Waals surface area contributed by atoms with Gasteiger partial charge in [-0.2, -0.15) is 13.9 Å². The zero-order valence-corrected chi connectivity index (χ0v) is 14.9. The molecule has 2 fully saturated rings. The third-order valence-corrected chi connectivity index (χ3v) is 4.66. The number of rotatable bonds is 6. The second kappa shape index (κ2) is 8.26. The lowest BCUT2D eigenvalue weighted by molar-refractivity contribution is 0.0986. The molecule has 3 rings (SSSR count). The summed E-state index contributed by atoms with van der Waals surface area (Å²) in [5, 5.41) is 14.6. The minimum atomic E-state index is -4.77. The molecule has 13 heteroatoms. The van der Waals surface area contributed by atoms with Crippen molar-refractivity contribution in [3.05, 3.63) is 11.8 Å². The van der Waals surface area contributed by atoms with Crippen molar-refractivity contribution >= 4 is 16.4 Å². The monoisotopic (exact) mass is 390 g/mol.